The standard InChI is InChI=1S/C22H27NO4/c1-25-19-14-16(15-20(26-2)22(19)27-3)11-12-21(24)23-13-7-10-18(23)17-8-5-4-6-9-17/h4-6,8-9,14-15,18H,7,10-13H2,1-3H3. The van der Waals surface area contributed by atoms with Gasteiger partial charge in [0.2, 0.25) is 11.7 Å². The van der Waals surface area contributed by atoms with Crippen molar-refractivity contribution >= 4 is 5.91 Å². The van der Waals surface area contributed by atoms with Crippen LogP contribution in [0.5, 0.6) is 17.2 Å². The van der Waals surface area contributed by atoms with Crippen molar-refractivity contribution in [3.63, 3.8) is 0 Å². The van der Waals surface area contributed by atoms with Crippen LogP contribution in [-0.4, -0.2) is 38.7 Å². The molecule has 1 heterocycles. The highest BCUT2D eigenvalue weighted by Crippen LogP contribution is 2.38. The maximum atomic E-state index is 12.9. The van der Waals surface area contributed by atoms with E-state index in [0.29, 0.717) is 30.1 Å². The molecule has 0 saturated carbocycles. The monoisotopic (exact) mass is 369 g/mol. The Bertz CT molecular complexity index is 750. The fourth-order valence-corrected chi connectivity index (χ4v) is 3.76. The third-order valence-corrected chi connectivity index (χ3v) is 5.11. The number of hydrogen-bond acceptors (Lipinski definition) is 4. The lowest BCUT2D eigenvalue weighted by Crippen LogP contribution is -2.30. The molecule has 0 aromatic heterocycles. The first-order valence-electron chi connectivity index (χ1n) is 9.31. The third kappa shape index (κ3) is 4.18. The predicted octanol–water partition coefficient (Wildman–Crippen LogP) is 4.01. The average Bonchev–Trinajstić information content (AvgIpc) is 3.21. The number of carbonyl (C=O) groups excluding carboxylic acids is 1. The van der Waals surface area contributed by atoms with E-state index in [-0.39, 0.29) is 11.9 Å². The average molecular weight is 369 g/mol. The molecule has 2 aromatic carbocycles. The summed E-state index contributed by atoms with van der Waals surface area (Å²) in [6.45, 7) is 0.827. The molecule has 5 nitrogen and oxygen atoms in total. The molecule has 0 N–H and O–H groups in total. The summed E-state index contributed by atoms with van der Waals surface area (Å²) in [4.78, 5) is 14.9. The van der Waals surface area contributed by atoms with E-state index < -0.39 is 0 Å². The van der Waals surface area contributed by atoms with Crippen molar-refractivity contribution in [3.05, 3.63) is 53.6 Å². The van der Waals surface area contributed by atoms with Gasteiger partial charge in [0.15, 0.2) is 11.5 Å². The van der Waals surface area contributed by atoms with Crippen LogP contribution in [0.4, 0.5) is 0 Å². The zero-order chi connectivity index (χ0) is 19.2. The highest BCUT2D eigenvalue weighted by atomic mass is 16.5. The normalized spacial score (nSPS) is 16.3. The fraction of sp³-hybridized carbons (Fsp3) is 0.409. The van der Waals surface area contributed by atoms with E-state index in [1.807, 2.05) is 35.2 Å². The number of aryl methyl sites for hydroxylation is 1. The lowest BCUT2D eigenvalue weighted by atomic mass is 10.0. The van der Waals surface area contributed by atoms with Gasteiger partial charge in [-0.15, -0.1) is 0 Å². The third-order valence-electron chi connectivity index (χ3n) is 5.11. The Labute approximate surface area is 160 Å². The van der Waals surface area contributed by atoms with Crippen molar-refractivity contribution in [3.8, 4) is 17.2 Å². The van der Waals surface area contributed by atoms with Crippen LogP contribution in [0.1, 0.15) is 36.4 Å². The molecule has 3 rings (SSSR count). The van der Waals surface area contributed by atoms with E-state index in [1.54, 1.807) is 21.3 Å². The van der Waals surface area contributed by atoms with Gasteiger partial charge in [0.25, 0.3) is 0 Å². The lowest BCUT2D eigenvalue weighted by Gasteiger charge is -2.25. The van der Waals surface area contributed by atoms with Crippen molar-refractivity contribution < 1.29 is 19.0 Å². The molecule has 1 fully saturated rings. The van der Waals surface area contributed by atoms with Crippen molar-refractivity contribution in [2.24, 2.45) is 0 Å². The summed E-state index contributed by atoms with van der Waals surface area (Å²) < 4.78 is 16.2. The Balaban J connectivity index is 1.70. The molecule has 2 aromatic rings. The molecule has 1 aliphatic heterocycles. The molecule has 0 radical (unpaired) electrons. The van der Waals surface area contributed by atoms with Crippen molar-refractivity contribution in [2.45, 2.75) is 31.7 Å². The highest BCUT2D eigenvalue weighted by molar-refractivity contribution is 5.77. The van der Waals surface area contributed by atoms with Crippen LogP contribution in [0.15, 0.2) is 42.5 Å². The van der Waals surface area contributed by atoms with E-state index in [2.05, 4.69) is 12.1 Å². The first-order chi connectivity index (χ1) is 13.2. The van der Waals surface area contributed by atoms with Crippen LogP contribution in [-0.2, 0) is 11.2 Å². The van der Waals surface area contributed by atoms with Crippen LogP contribution < -0.4 is 14.2 Å². The lowest BCUT2D eigenvalue weighted by molar-refractivity contribution is -0.132. The van der Waals surface area contributed by atoms with Gasteiger partial charge in [-0.2, -0.15) is 0 Å². The fourth-order valence-electron chi connectivity index (χ4n) is 3.76. The summed E-state index contributed by atoms with van der Waals surface area (Å²) in [5.74, 6) is 1.99. The van der Waals surface area contributed by atoms with Gasteiger partial charge in [0, 0.05) is 13.0 Å². The van der Waals surface area contributed by atoms with E-state index in [1.165, 1.54) is 5.56 Å². The molecular weight excluding hydrogens is 342 g/mol. The maximum absolute atomic E-state index is 12.9. The number of carbonyl (C=O) groups is 1. The number of amides is 1. The molecule has 0 spiro atoms. The van der Waals surface area contributed by atoms with Crippen LogP contribution in [0.3, 0.4) is 0 Å². The smallest absolute Gasteiger partial charge is 0.223 e. The highest BCUT2D eigenvalue weighted by Gasteiger charge is 2.29. The van der Waals surface area contributed by atoms with Gasteiger partial charge in [0.1, 0.15) is 0 Å². The van der Waals surface area contributed by atoms with Gasteiger partial charge in [-0.1, -0.05) is 30.3 Å². The van der Waals surface area contributed by atoms with Gasteiger partial charge >= 0.3 is 0 Å². The van der Waals surface area contributed by atoms with Gasteiger partial charge in [-0.05, 0) is 42.5 Å². The molecule has 27 heavy (non-hydrogen) atoms. The first-order valence-corrected chi connectivity index (χ1v) is 9.31. The largest absolute Gasteiger partial charge is 0.493 e. The molecule has 5 heteroatoms. The number of nitrogens with zero attached hydrogens (tertiary/aromatic N) is 1. The minimum atomic E-state index is 0.190. The maximum Gasteiger partial charge on any atom is 0.223 e. The van der Waals surface area contributed by atoms with Crippen molar-refractivity contribution in [1.82, 2.24) is 4.90 Å². The zero-order valence-electron chi connectivity index (χ0n) is 16.2. The van der Waals surface area contributed by atoms with Gasteiger partial charge in [-0.3, -0.25) is 4.79 Å². The SMILES string of the molecule is COc1cc(CCC(=O)N2CCCC2c2ccccc2)cc(OC)c1OC. The van der Waals surface area contributed by atoms with E-state index in [4.69, 9.17) is 14.2 Å². The molecule has 144 valence electrons. The summed E-state index contributed by atoms with van der Waals surface area (Å²) in [6.07, 6.45) is 3.17. The topological polar surface area (TPSA) is 48.0 Å². The Hall–Kier alpha value is -2.69. The summed E-state index contributed by atoms with van der Waals surface area (Å²) in [5.41, 5.74) is 2.21. The Kier molecular flexibility index (Phi) is 6.22. The minimum absolute atomic E-state index is 0.190. The van der Waals surface area contributed by atoms with Crippen molar-refractivity contribution in [1.29, 1.82) is 0 Å². The molecule has 0 aliphatic carbocycles. The summed E-state index contributed by atoms with van der Waals surface area (Å²) >= 11 is 0. The van der Waals surface area contributed by atoms with E-state index >= 15 is 0 Å². The molecule has 1 aliphatic rings. The number of ether oxygens (including phenoxy) is 3. The molecule has 1 saturated heterocycles. The molecule has 1 atom stereocenters. The Morgan fingerprint density at radius 1 is 1.04 bits per heavy atom. The Morgan fingerprint density at radius 2 is 1.70 bits per heavy atom. The van der Waals surface area contributed by atoms with Gasteiger partial charge in [0.05, 0.1) is 27.4 Å². The number of likely N-dealkylation sites (tertiary alicyclic amines) is 1. The number of hydrogen-bond donors (Lipinski definition) is 0. The van der Waals surface area contributed by atoms with Crippen LogP contribution in [0, 0.1) is 0 Å². The van der Waals surface area contributed by atoms with Crippen molar-refractivity contribution in [2.75, 3.05) is 27.9 Å². The predicted molar refractivity (Wildman–Crippen MR) is 105 cm³/mol. The van der Waals surface area contributed by atoms with Crippen LogP contribution >= 0.6 is 0 Å². The minimum Gasteiger partial charge on any atom is -0.493 e. The number of rotatable bonds is 7. The second-order valence-corrected chi connectivity index (χ2v) is 6.69. The second-order valence-electron chi connectivity index (χ2n) is 6.69. The second kappa shape index (κ2) is 8.80. The van der Waals surface area contributed by atoms with Crippen LogP contribution in [0.2, 0.25) is 0 Å². The molecule has 1 amide bonds. The number of benzene rings is 2. The van der Waals surface area contributed by atoms with E-state index in [9.17, 15) is 4.79 Å². The summed E-state index contributed by atoms with van der Waals surface area (Å²) in [5, 5.41) is 0. The first kappa shape index (κ1) is 19.1. The quantitative estimate of drug-likeness (QED) is 0.740. The zero-order valence-corrected chi connectivity index (χ0v) is 16.2. The molecule has 1 unspecified atom stereocenters. The summed E-state index contributed by atoms with van der Waals surface area (Å²) in [6, 6.07) is 14.3. The van der Waals surface area contributed by atoms with E-state index in [0.717, 1.165) is 24.9 Å². The summed E-state index contributed by atoms with van der Waals surface area (Å²) in [7, 11) is 4.78. The van der Waals surface area contributed by atoms with Crippen LogP contribution in [0.25, 0.3) is 0 Å². The molecular formula is C22H27NO4. The number of methoxy groups -OCH3 is 3. The van der Waals surface area contributed by atoms with Gasteiger partial charge < -0.3 is 19.1 Å². The molecule has 0 bridgehead atoms. The van der Waals surface area contributed by atoms with Gasteiger partial charge in [-0.25, -0.2) is 0 Å². The Morgan fingerprint density at radius 3 is 2.30 bits per heavy atom.